The van der Waals surface area contributed by atoms with Gasteiger partial charge in [0.05, 0.1) is 13.2 Å². The Kier molecular flexibility index (Phi) is 5.46. The van der Waals surface area contributed by atoms with Crippen molar-refractivity contribution in [1.82, 2.24) is 4.90 Å². The first-order chi connectivity index (χ1) is 7.65. The first kappa shape index (κ1) is 13.7. The summed E-state index contributed by atoms with van der Waals surface area (Å²) in [4.78, 5) is 2.49. The van der Waals surface area contributed by atoms with Crippen molar-refractivity contribution >= 4 is 0 Å². The highest BCUT2D eigenvalue weighted by atomic mass is 16.5. The number of nitrogens with two attached hydrogens (primary N) is 1. The van der Waals surface area contributed by atoms with Gasteiger partial charge in [0.1, 0.15) is 0 Å². The van der Waals surface area contributed by atoms with Gasteiger partial charge in [0.25, 0.3) is 0 Å². The second-order valence-corrected chi connectivity index (χ2v) is 4.78. The average Bonchev–Trinajstić information content (AvgIpc) is 2.35. The van der Waals surface area contributed by atoms with Gasteiger partial charge in [0.2, 0.25) is 0 Å². The van der Waals surface area contributed by atoms with E-state index in [1.165, 1.54) is 0 Å². The van der Waals surface area contributed by atoms with Crippen LogP contribution in [0.1, 0.15) is 33.1 Å². The van der Waals surface area contributed by atoms with Crippen molar-refractivity contribution < 1.29 is 4.74 Å². The number of hydrogen-bond donors (Lipinski definition) is 1. The fourth-order valence-electron chi connectivity index (χ4n) is 2.40. The van der Waals surface area contributed by atoms with E-state index < -0.39 is 0 Å². The van der Waals surface area contributed by atoms with Gasteiger partial charge in [-0.3, -0.25) is 4.90 Å². The molecule has 16 heavy (non-hydrogen) atoms. The van der Waals surface area contributed by atoms with E-state index in [9.17, 15) is 0 Å². The molecule has 2 atom stereocenters. The molecule has 1 aliphatic heterocycles. The van der Waals surface area contributed by atoms with Crippen molar-refractivity contribution in [2.24, 2.45) is 5.73 Å². The summed E-state index contributed by atoms with van der Waals surface area (Å²) in [6, 6.07) is 0.216. The van der Waals surface area contributed by atoms with Crippen LogP contribution in [0.4, 0.5) is 0 Å². The van der Waals surface area contributed by atoms with Gasteiger partial charge in [0, 0.05) is 24.7 Å². The molecule has 1 rings (SSSR count). The molecule has 0 aromatic heterocycles. The van der Waals surface area contributed by atoms with E-state index in [-0.39, 0.29) is 11.6 Å². The second kappa shape index (κ2) is 6.38. The Balaban J connectivity index is 2.61. The Hall–Kier alpha value is -0.380. The van der Waals surface area contributed by atoms with Crippen LogP contribution in [0.5, 0.6) is 0 Å². The quantitative estimate of drug-likeness (QED) is 0.702. The number of nitrogens with zero attached hydrogens (tertiary/aromatic N) is 1. The maximum atomic E-state index is 6.35. The fourth-order valence-corrected chi connectivity index (χ4v) is 2.40. The highest BCUT2D eigenvalue weighted by molar-refractivity contribution is 4.96. The number of ether oxygens (including phenoxy) is 1. The first-order valence-electron chi connectivity index (χ1n) is 6.34. The summed E-state index contributed by atoms with van der Waals surface area (Å²) in [7, 11) is 0. The zero-order valence-electron chi connectivity index (χ0n) is 10.7. The van der Waals surface area contributed by atoms with Gasteiger partial charge in [-0.1, -0.05) is 13.0 Å². The van der Waals surface area contributed by atoms with E-state index in [1.54, 1.807) is 0 Å². The third kappa shape index (κ3) is 3.06. The number of allylic oxidation sites excluding steroid dienone is 1. The van der Waals surface area contributed by atoms with Crippen LogP contribution in [-0.2, 0) is 4.74 Å². The molecule has 94 valence electrons. The molecule has 1 saturated heterocycles. The van der Waals surface area contributed by atoms with Gasteiger partial charge in [-0.25, -0.2) is 0 Å². The van der Waals surface area contributed by atoms with Crippen molar-refractivity contribution in [1.29, 1.82) is 0 Å². The third-order valence-corrected chi connectivity index (χ3v) is 3.93. The monoisotopic (exact) mass is 226 g/mol. The zero-order valence-corrected chi connectivity index (χ0v) is 10.7. The number of rotatable bonds is 6. The molecule has 2 unspecified atom stereocenters. The molecule has 0 aromatic rings. The largest absolute Gasteiger partial charge is 0.379 e. The number of morpholine rings is 1. The summed E-state index contributed by atoms with van der Waals surface area (Å²) in [6.45, 7) is 12.0. The SMILES string of the molecule is C=CCCC(N)C(C)(CC)N1CCOCC1. The van der Waals surface area contributed by atoms with Crippen LogP contribution in [0.2, 0.25) is 0 Å². The predicted octanol–water partition coefficient (Wildman–Crippen LogP) is 1.78. The lowest BCUT2D eigenvalue weighted by molar-refractivity contribution is -0.0281. The van der Waals surface area contributed by atoms with Gasteiger partial charge in [-0.2, -0.15) is 0 Å². The lowest BCUT2D eigenvalue weighted by Crippen LogP contribution is -2.60. The molecule has 3 heteroatoms. The molecule has 0 radical (unpaired) electrons. The van der Waals surface area contributed by atoms with Crippen LogP contribution in [0.15, 0.2) is 12.7 Å². The lowest BCUT2D eigenvalue weighted by Gasteiger charge is -2.46. The van der Waals surface area contributed by atoms with Gasteiger partial charge in [-0.15, -0.1) is 6.58 Å². The van der Waals surface area contributed by atoms with Crippen molar-refractivity contribution in [3.05, 3.63) is 12.7 Å². The average molecular weight is 226 g/mol. The fraction of sp³-hybridized carbons (Fsp3) is 0.846. The van der Waals surface area contributed by atoms with Crippen molar-refractivity contribution in [2.45, 2.75) is 44.7 Å². The molecular formula is C13H26N2O. The summed E-state index contributed by atoms with van der Waals surface area (Å²) in [5.74, 6) is 0. The van der Waals surface area contributed by atoms with E-state index in [0.717, 1.165) is 45.6 Å². The molecule has 0 spiro atoms. The molecule has 0 amide bonds. The van der Waals surface area contributed by atoms with E-state index in [1.807, 2.05) is 6.08 Å². The third-order valence-electron chi connectivity index (χ3n) is 3.93. The van der Waals surface area contributed by atoms with Gasteiger partial charge >= 0.3 is 0 Å². The molecule has 2 N–H and O–H groups in total. The van der Waals surface area contributed by atoms with Crippen molar-refractivity contribution in [3.8, 4) is 0 Å². The molecule has 0 bridgehead atoms. The Bertz CT molecular complexity index is 214. The Morgan fingerprint density at radius 2 is 2.12 bits per heavy atom. The van der Waals surface area contributed by atoms with Crippen LogP contribution in [0, 0.1) is 0 Å². The predicted molar refractivity (Wildman–Crippen MR) is 68.5 cm³/mol. The van der Waals surface area contributed by atoms with Gasteiger partial charge in [-0.05, 0) is 26.2 Å². The summed E-state index contributed by atoms with van der Waals surface area (Å²) < 4.78 is 5.40. The van der Waals surface area contributed by atoms with Crippen LogP contribution in [-0.4, -0.2) is 42.8 Å². The Morgan fingerprint density at radius 3 is 2.62 bits per heavy atom. The standard InChI is InChI=1S/C13H26N2O/c1-4-6-7-12(14)13(3,5-2)15-8-10-16-11-9-15/h4,12H,1,5-11,14H2,2-3H3. The molecule has 1 fully saturated rings. The van der Waals surface area contributed by atoms with Gasteiger partial charge in [0.15, 0.2) is 0 Å². The summed E-state index contributed by atoms with van der Waals surface area (Å²) in [6.07, 6.45) is 5.06. The number of hydrogen-bond acceptors (Lipinski definition) is 3. The molecule has 0 aliphatic carbocycles. The summed E-state index contributed by atoms with van der Waals surface area (Å²) in [5.41, 5.74) is 6.45. The van der Waals surface area contributed by atoms with Crippen LogP contribution >= 0.6 is 0 Å². The van der Waals surface area contributed by atoms with Crippen molar-refractivity contribution in [3.63, 3.8) is 0 Å². The van der Waals surface area contributed by atoms with Crippen LogP contribution < -0.4 is 5.73 Å². The molecular weight excluding hydrogens is 200 g/mol. The smallest absolute Gasteiger partial charge is 0.0594 e. The van der Waals surface area contributed by atoms with E-state index in [2.05, 4.69) is 25.3 Å². The van der Waals surface area contributed by atoms with Crippen LogP contribution in [0.3, 0.4) is 0 Å². The highest BCUT2D eigenvalue weighted by Gasteiger charge is 2.36. The lowest BCUT2D eigenvalue weighted by atomic mass is 9.85. The topological polar surface area (TPSA) is 38.5 Å². The van der Waals surface area contributed by atoms with E-state index >= 15 is 0 Å². The molecule has 1 heterocycles. The second-order valence-electron chi connectivity index (χ2n) is 4.78. The Morgan fingerprint density at radius 1 is 1.50 bits per heavy atom. The summed E-state index contributed by atoms with van der Waals surface area (Å²) in [5, 5.41) is 0. The van der Waals surface area contributed by atoms with Gasteiger partial charge < -0.3 is 10.5 Å². The maximum absolute atomic E-state index is 6.35. The minimum Gasteiger partial charge on any atom is -0.379 e. The van der Waals surface area contributed by atoms with Crippen molar-refractivity contribution in [2.75, 3.05) is 26.3 Å². The molecule has 1 aliphatic rings. The van der Waals surface area contributed by atoms with E-state index in [4.69, 9.17) is 10.5 Å². The van der Waals surface area contributed by atoms with Crippen LogP contribution in [0.25, 0.3) is 0 Å². The maximum Gasteiger partial charge on any atom is 0.0594 e. The summed E-state index contributed by atoms with van der Waals surface area (Å²) >= 11 is 0. The highest BCUT2D eigenvalue weighted by Crippen LogP contribution is 2.26. The minimum absolute atomic E-state index is 0.104. The zero-order chi connectivity index (χ0) is 12.0. The first-order valence-corrected chi connectivity index (χ1v) is 6.34. The van der Waals surface area contributed by atoms with E-state index in [0.29, 0.717) is 0 Å². The molecule has 0 saturated carbocycles. The molecule has 0 aromatic carbocycles. The Labute approximate surface area is 99.6 Å². The normalized spacial score (nSPS) is 23.7. The molecule has 3 nitrogen and oxygen atoms in total. The minimum atomic E-state index is 0.104.